The maximum atomic E-state index is 13.0. The molecule has 77 heavy (non-hydrogen) atoms. The molecule has 0 amide bonds. The van der Waals surface area contributed by atoms with Gasteiger partial charge in [0.25, 0.3) is 0 Å². The predicted octanol–water partition coefficient (Wildman–Crippen LogP) is 16.8. The zero-order valence-corrected chi connectivity index (χ0v) is 50.4. The number of unbranched alkanes of at least 4 members (excludes halogenated alkanes) is 39. The molecule has 1 heterocycles. The fourth-order valence-electron chi connectivity index (χ4n) is 10.2. The van der Waals surface area contributed by atoms with E-state index in [2.05, 4.69) is 54.5 Å². The first kappa shape index (κ1) is 73.3. The van der Waals surface area contributed by atoms with Gasteiger partial charge in [0, 0.05) is 13.0 Å². The standard InChI is InChI=1S/C64H120O12S/c1-3-5-7-9-11-13-15-17-19-21-23-25-27-29-30-32-34-36-38-40-42-44-46-48-50-52-54-72-56-58(57-73-64-62(68)63(76-77(69,70)71)61(67)59(55-65)75-64)74-60(66)53-51-49-47-45-43-41-39-37-35-33-31-28-26-24-22-20-18-16-14-12-10-8-6-4-2/h15,17,21,23,27,29,58-59,61-65,67-68H,3-14,16,18-20,22,24-26,28,30-57H2,1-2H3,(H,69,70,71)/b17-15-,23-21-,29-27-. The highest BCUT2D eigenvalue weighted by molar-refractivity contribution is 7.80. The third-order valence-corrected chi connectivity index (χ3v) is 15.5. The van der Waals surface area contributed by atoms with Gasteiger partial charge in [-0.25, -0.2) is 4.18 Å². The van der Waals surface area contributed by atoms with E-state index in [4.69, 9.17) is 18.9 Å². The van der Waals surface area contributed by atoms with E-state index in [0.717, 1.165) is 51.4 Å². The van der Waals surface area contributed by atoms with Gasteiger partial charge in [0.2, 0.25) is 0 Å². The van der Waals surface area contributed by atoms with Crippen LogP contribution >= 0.6 is 0 Å². The Hall–Kier alpha value is -1.68. The van der Waals surface area contributed by atoms with Gasteiger partial charge in [-0.3, -0.25) is 9.35 Å². The summed E-state index contributed by atoms with van der Waals surface area (Å²) in [6, 6.07) is 0. The first-order valence-electron chi connectivity index (χ1n) is 32.2. The maximum Gasteiger partial charge on any atom is 0.397 e. The maximum absolute atomic E-state index is 13.0. The highest BCUT2D eigenvalue weighted by Gasteiger charge is 2.48. The molecule has 0 aromatic carbocycles. The molecule has 0 saturated carbocycles. The van der Waals surface area contributed by atoms with Crippen LogP contribution in [-0.4, -0.2) is 97.5 Å². The third kappa shape index (κ3) is 47.6. The summed E-state index contributed by atoms with van der Waals surface area (Å²) < 4.78 is 59.6. The Labute approximate surface area is 473 Å². The van der Waals surface area contributed by atoms with Gasteiger partial charge >= 0.3 is 16.4 Å². The van der Waals surface area contributed by atoms with E-state index in [1.165, 1.54) is 225 Å². The van der Waals surface area contributed by atoms with Gasteiger partial charge in [-0.2, -0.15) is 8.42 Å². The van der Waals surface area contributed by atoms with Crippen LogP contribution in [0.25, 0.3) is 0 Å². The summed E-state index contributed by atoms with van der Waals surface area (Å²) in [4.78, 5) is 13.0. The highest BCUT2D eigenvalue weighted by Crippen LogP contribution is 2.26. The van der Waals surface area contributed by atoms with Gasteiger partial charge in [0.05, 0.1) is 19.8 Å². The van der Waals surface area contributed by atoms with Crippen molar-refractivity contribution in [2.24, 2.45) is 0 Å². The summed E-state index contributed by atoms with van der Waals surface area (Å²) >= 11 is 0. The number of ether oxygens (including phenoxy) is 4. The summed E-state index contributed by atoms with van der Waals surface area (Å²) in [6.45, 7) is 4.04. The van der Waals surface area contributed by atoms with Crippen molar-refractivity contribution >= 4 is 16.4 Å². The van der Waals surface area contributed by atoms with Crippen molar-refractivity contribution in [3.8, 4) is 0 Å². The number of aliphatic hydroxyl groups is 3. The van der Waals surface area contributed by atoms with Gasteiger partial charge in [-0.1, -0.05) is 281 Å². The lowest BCUT2D eigenvalue weighted by molar-refractivity contribution is -0.301. The first-order chi connectivity index (χ1) is 37.6. The van der Waals surface area contributed by atoms with E-state index >= 15 is 0 Å². The lowest BCUT2D eigenvalue weighted by Gasteiger charge is -2.41. The quantitative estimate of drug-likeness (QED) is 0.0196. The number of allylic oxidation sites excluding steroid dienone is 6. The minimum Gasteiger partial charge on any atom is -0.457 e. The molecule has 0 aromatic heterocycles. The molecule has 6 atom stereocenters. The summed E-state index contributed by atoms with van der Waals surface area (Å²) in [7, 11) is -5.07. The number of carbonyl (C=O) groups is 1. The Kier molecular flexibility index (Phi) is 52.3. The van der Waals surface area contributed by atoms with Crippen molar-refractivity contribution in [2.45, 2.75) is 340 Å². The van der Waals surface area contributed by atoms with E-state index in [-0.39, 0.29) is 19.6 Å². The molecule has 454 valence electrons. The number of aliphatic hydroxyl groups excluding tert-OH is 3. The molecule has 0 radical (unpaired) electrons. The second kappa shape index (κ2) is 54.9. The molecule has 1 aliphatic heterocycles. The molecular formula is C64H120O12S. The van der Waals surface area contributed by atoms with Crippen molar-refractivity contribution in [3.05, 3.63) is 36.5 Å². The molecule has 1 saturated heterocycles. The van der Waals surface area contributed by atoms with Crippen LogP contribution in [0.2, 0.25) is 0 Å². The van der Waals surface area contributed by atoms with Crippen molar-refractivity contribution < 1.29 is 56.2 Å². The fourth-order valence-corrected chi connectivity index (χ4v) is 10.7. The molecule has 0 aliphatic carbocycles. The molecule has 1 aliphatic rings. The number of carbonyl (C=O) groups excluding carboxylic acids is 1. The van der Waals surface area contributed by atoms with Crippen LogP contribution in [0.1, 0.15) is 303 Å². The minimum atomic E-state index is -5.07. The summed E-state index contributed by atoms with van der Waals surface area (Å²) in [5.41, 5.74) is 0. The Morgan fingerprint density at radius 3 is 1.25 bits per heavy atom. The topological polar surface area (TPSA) is 178 Å². The molecule has 0 bridgehead atoms. The molecule has 4 N–H and O–H groups in total. The van der Waals surface area contributed by atoms with Gasteiger partial charge in [-0.05, 0) is 51.4 Å². The Bertz CT molecular complexity index is 1470. The van der Waals surface area contributed by atoms with E-state index in [1.807, 2.05) is 0 Å². The van der Waals surface area contributed by atoms with Crippen molar-refractivity contribution in [1.29, 1.82) is 0 Å². The Balaban J connectivity index is 2.24. The van der Waals surface area contributed by atoms with Crippen molar-refractivity contribution in [1.82, 2.24) is 0 Å². The largest absolute Gasteiger partial charge is 0.457 e. The molecule has 6 unspecified atom stereocenters. The number of hydrogen-bond donors (Lipinski definition) is 4. The SMILES string of the molecule is CCCCCCC/C=C\C/C=C\C/C=C\CCCCCCCCCCCCCOCC(COC1OC(CO)C(O)C(OS(=O)(=O)O)C1O)OC(=O)CCCCCCCCCCCCCCCCCCCCCCCCCC. The van der Waals surface area contributed by atoms with Crippen LogP contribution in [-0.2, 0) is 38.3 Å². The highest BCUT2D eigenvalue weighted by atomic mass is 32.3. The van der Waals surface area contributed by atoms with Gasteiger partial charge in [0.1, 0.15) is 30.5 Å². The van der Waals surface area contributed by atoms with Crippen LogP contribution in [0.15, 0.2) is 36.5 Å². The van der Waals surface area contributed by atoms with Crippen molar-refractivity contribution in [2.75, 3.05) is 26.4 Å². The summed E-state index contributed by atoms with van der Waals surface area (Å²) in [6.07, 6.45) is 60.5. The van der Waals surface area contributed by atoms with Gasteiger partial charge in [0.15, 0.2) is 6.29 Å². The molecule has 1 fully saturated rings. The molecule has 0 aromatic rings. The Morgan fingerprint density at radius 1 is 0.494 bits per heavy atom. The monoisotopic (exact) mass is 1110 g/mol. The molecular weight excluding hydrogens is 993 g/mol. The average molecular weight is 1110 g/mol. The first-order valence-corrected chi connectivity index (χ1v) is 33.6. The summed E-state index contributed by atoms with van der Waals surface area (Å²) in [5, 5.41) is 30.9. The van der Waals surface area contributed by atoms with Crippen LogP contribution in [0.4, 0.5) is 0 Å². The molecule has 1 rings (SSSR count). The van der Waals surface area contributed by atoms with Gasteiger partial charge < -0.3 is 34.3 Å². The zero-order valence-electron chi connectivity index (χ0n) is 49.5. The number of rotatable bonds is 58. The van der Waals surface area contributed by atoms with E-state index < -0.39 is 59.8 Å². The average Bonchev–Trinajstić information content (AvgIpc) is 3.42. The second-order valence-corrected chi connectivity index (χ2v) is 23.4. The van der Waals surface area contributed by atoms with E-state index in [9.17, 15) is 33.1 Å². The molecule has 0 spiro atoms. The van der Waals surface area contributed by atoms with E-state index in [0.29, 0.717) is 13.0 Å². The molecule has 12 nitrogen and oxygen atoms in total. The fraction of sp³-hybridized carbons (Fsp3) is 0.891. The minimum absolute atomic E-state index is 0.0378. The smallest absolute Gasteiger partial charge is 0.397 e. The van der Waals surface area contributed by atoms with Gasteiger partial charge in [-0.15, -0.1) is 0 Å². The van der Waals surface area contributed by atoms with Crippen LogP contribution < -0.4 is 0 Å². The second-order valence-electron chi connectivity index (χ2n) is 22.4. The Morgan fingerprint density at radius 2 is 0.857 bits per heavy atom. The predicted molar refractivity (Wildman–Crippen MR) is 317 cm³/mol. The lowest BCUT2D eigenvalue weighted by Crippen LogP contribution is -2.60. The van der Waals surface area contributed by atoms with Crippen LogP contribution in [0.5, 0.6) is 0 Å². The summed E-state index contributed by atoms with van der Waals surface area (Å²) in [5.74, 6) is -0.393. The molecule has 13 heteroatoms. The number of hydrogen-bond acceptors (Lipinski definition) is 11. The zero-order chi connectivity index (χ0) is 56.0. The number of esters is 1. The normalized spacial score (nSPS) is 18.6. The third-order valence-electron chi connectivity index (χ3n) is 15.0. The lowest BCUT2D eigenvalue weighted by atomic mass is 9.99. The van der Waals surface area contributed by atoms with Crippen molar-refractivity contribution in [3.63, 3.8) is 0 Å². The van der Waals surface area contributed by atoms with E-state index in [1.54, 1.807) is 0 Å². The van der Waals surface area contributed by atoms with Crippen LogP contribution in [0.3, 0.4) is 0 Å². The van der Waals surface area contributed by atoms with Crippen LogP contribution in [0, 0.1) is 0 Å².